The van der Waals surface area contributed by atoms with Gasteiger partial charge in [-0.2, -0.15) is 0 Å². The van der Waals surface area contributed by atoms with Crippen molar-refractivity contribution in [3.8, 4) is 11.5 Å². The Hall–Kier alpha value is -1.75. The van der Waals surface area contributed by atoms with Crippen LogP contribution in [0, 0.1) is 5.92 Å². The van der Waals surface area contributed by atoms with Gasteiger partial charge in [-0.15, -0.1) is 0 Å². The number of carboxylic acid groups (broad SMARTS) is 1. The standard InChI is InChI=1S/C15H23NO4/c1-2-19-13-7-3-4-8-14(13)20-11-9-12(15(17)18)6-5-10-16/h3-4,7-8,12H,2,5-6,9-11,16H2,1H3,(H,17,18). The van der Waals surface area contributed by atoms with E-state index < -0.39 is 11.9 Å². The van der Waals surface area contributed by atoms with Crippen LogP contribution < -0.4 is 15.2 Å². The second kappa shape index (κ2) is 9.20. The molecule has 1 rings (SSSR count). The number of ether oxygens (including phenoxy) is 2. The molecular formula is C15H23NO4. The summed E-state index contributed by atoms with van der Waals surface area (Å²) in [6, 6.07) is 7.39. The molecule has 5 nitrogen and oxygen atoms in total. The minimum atomic E-state index is -0.792. The first-order valence-electron chi connectivity index (χ1n) is 6.96. The number of carboxylic acids is 1. The van der Waals surface area contributed by atoms with E-state index in [0.717, 1.165) is 0 Å². The summed E-state index contributed by atoms with van der Waals surface area (Å²) in [5.41, 5.74) is 5.41. The fraction of sp³-hybridized carbons (Fsp3) is 0.533. The predicted molar refractivity (Wildman–Crippen MR) is 77.1 cm³/mol. The molecule has 1 unspecified atom stereocenters. The summed E-state index contributed by atoms with van der Waals surface area (Å²) in [4.78, 5) is 11.1. The van der Waals surface area contributed by atoms with E-state index in [1.807, 2.05) is 31.2 Å². The maximum atomic E-state index is 11.1. The summed E-state index contributed by atoms with van der Waals surface area (Å²) < 4.78 is 11.1. The number of benzene rings is 1. The Balaban J connectivity index is 2.47. The molecule has 0 aliphatic heterocycles. The molecule has 1 atom stereocenters. The third-order valence-corrected chi connectivity index (χ3v) is 2.98. The van der Waals surface area contributed by atoms with Crippen molar-refractivity contribution in [3.05, 3.63) is 24.3 Å². The Morgan fingerprint density at radius 1 is 1.25 bits per heavy atom. The molecule has 0 aromatic heterocycles. The van der Waals surface area contributed by atoms with E-state index in [4.69, 9.17) is 20.3 Å². The van der Waals surface area contributed by atoms with Gasteiger partial charge in [0.1, 0.15) is 0 Å². The minimum absolute atomic E-state index is 0.353. The maximum Gasteiger partial charge on any atom is 0.306 e. The van der Waals surface area contributed by atoms with E-state index in [2.05, 4.69) is 0 Å². The van der Waals surface area contributed by atoms with E-state index in [-0.39, 0.29) is 0 Å². The van der Waals surface area contributed by atoms with Crippen LogP contribution in [-0.4, -0.2) is 30.8 Å². The van der Waals surface area contributed by atoms with Crippen LogP contribution in [0.3, 0.4) is 0 Å². The first-order valence-corrected chi connectivity index (χ1v) is 6.96. The summed E-state index contributed by atoms with van der Waals surface area (Å²) in [5.74, 6) is 0.138. The van der Waals surface area contributed by atoms with Gasteiger partial charge in [0.2, 0.25) is 0 Å². The maximum absolute atomic E-state index is 11.1. The predicted octanol–water partition coefficient (Wildman–Crippen LogP) is 2.29. The van der Waals surface area contributed by atoms with Gasteiger partial charge in [-0.1, -0.05) is 12.1 Å². The van der Waals surface area contributed by atoms with Gasteiger partial charge in [-0.3, -0.25) is 4.79 Å². The second-order valence-electron chi connectivity index (χ2n) is 4.48. The van der Waals surface area contributed by atoms with E-state index >= 15 is 0 Å². The number of rotatable bonds is 10. The average Bonchev–Trinajstić information content (AvgIpc) is 2.44. The zero-order chi connectivity index (χ0) is 14.8. The molecular weight excluding hydrogens is 258 g/mol. The zero-order valence-electron chi connectivity index (χ0n) is 11.9. The van der Waals surface area contributed by atoms with Crippen LogP contribution in [0.15, 0.2) is 24.3 Å². The van der Waals surface area contributed by atoms with Crippen LogP contribution >= 0.6 is 0 Å². The molecule has 0 fully saturated rings. The van der Waals surface area contributed by atoms with Crippen LogP contribution in [-0.2, 0) is 4.79 Å². The number of aliphatic carboxylic acids is 1. The fourth-order valence-electron chi connectivity index (χ4n) is 1.91. The lowest BCUT2D eigenvalue weighted by Gasteiger charge is -2.14. The summed E-state index contributed by atoms with van der Waals surface area (Å²) in [6.45, 7) is 3.34. The molecule has 0 saturated carbocycles. The molecule has 0 bridgehead atoms. The molecule has 0 amide bonds. The third kappa shape index (κ3) is 5.48. The van der Waals surface area contributed by atoms with Crippen molar-refractivity contribution in [2.75, 3.05) is 19.8 Å². The van der Waals surface area contributed by atoms with E-state index in [9.17, 15) is 4.79 Å². The van der Waals surface area contributed by atoms with Gasteiger partial charge in [0.15, 0.2) is 11.5 Å². The van der Waals surface area contributed by atoms with E-state index in [1.54, 1.807) is 0 Å². The smallest absolute Gasteiger partial charge is 0.306 e. The highest BCUT2D eigenvalue weighted by Gasteiger charge is 2.17. The average molecular weight is 281 g/mol. The van der Waals surface area contributed by atoms with Gasteiger partial charge in [-0.05, 0) is 44.9 Å². The van der Waals surface area contributed by atoms with E-state index in [1.165, 1.54) is 0 Å². The van der Waals surface area contributed by atoms with Gasteiger partial charge < -0.3 is 20.3 Å². The molecule has 5 heteroatoms. The SMILES string of the molecule is CCOc1ccccc1OCCC(CCCN)C(=O)O. The van der Waals surface area contributed by atoms with Gasteiger partial charge in [0, 0.05) is 0 Å². The minimum Gasteiger partial charge on any atom is -0.490 e. The van der Waals surface area contributed by atoms with Gasteiger partial charge in [-0.25, -0.2) is 0 Å². The Labute approximate surface area is 119 Å². The van der Waals surface area contributed by atoms with Crippen LogP contribution in [0.4, 0.5) is 0 Å². The number of nitrogens with two attached hydrogens (primary N) is 1. The Morgan fingerprint density at radius 2 is 1.90 bits per heavy atom. The van der Waals surface area contributed by atoms with Crippen molar-refractivity contribution >= 4 is 5.97 Å². The van der Waals surface area contributed by atoms with Crippen molar-refractivity contribution < 1.29 is 19.4 Å². The van der Waals surface area contributed by atoms with Crippen LogP contribution in [0.1, 0.15) is 26.2 Å². The third-order valence-electron chi connectivity index (χ3n) is 2.98. The largest absolute Gasteiger partial charge is 0.490 e. The first kappa shape index (κ1) is 16.3. The Kier molecular flexibility index (Phi) is 7.50. The van der Waals surface area contributed by atoms with Crippen LogP contribution in [0.2, 0.25) is 0 Å². The Bertz CT molecular complexity index is 409. The molecule has 0 saturated heterocycles. The molecule has 0 radical (unpaired) electrons. The topological polar surface area (TPSA) is 81.8 Å². The van der Waals surface area contributed by atoms with Crippen LogP contribution in [0.25, 0.3) is 0 Å². The monoisotopic (exact) mass is 281 g/mol. The summed E-state index contributed by atoms with van der Waals surface area (Å²) in [5, 5.41) is 9.11. The highest BCUT2D eigenvalue weighted by molar-refractivity contribution is 5.69. The molecule has 20 heavy (non-hydrogen) atoms. The molecule has 112 valence electrons. The molecule has 3 N–H and O–H groups in total. The van der Waals surface area contributed by atoms with Crippen molar-refractivity contribution in [1.29, 1.82) is 0 Å². The quantitative estimate of drug-likeness (QED) is 0.687. The fourth-order valence-corrected chi connectivity index (χ4v) is 1.91. The van der Waals surface area contributed by atoms with E-state index in [0.29, 0.717) is 50.5 Å². The van der Waals surface area contributed by atoms with Crippen molar-refractivity contribution in [1.82, 2.24) is 0 Å². The first-order chi connectivity index (χ1) is 9.69. The number of carbonyl (C=O) groups is 1. The van der Waals surface area contributed by atoms with Crippen molar-refractivity contribution in [3.63, 3.8) is 0 Å². The molecule has 0 aliphatic carbocycles. The lowest BCUT2D eigenvalue weighted by molar-refractivity contribution is -0.142. The van der Waals surface area contributed by atoms with Crippen LogP contribution in [0.5, 0.6) is 11.5 Å². The summed E-state index contributed by atoms with van der Waals surface area (Å²) in [7, 11) is 0. The second-order valence-corrected chi connectivity index (χ2v) is 4.48. The van der Waals surface area contributed by atoms with Gasteiger partial charge >= 0.3 is 5.97 Å². The Morgan fingerprint density at radius 3 is 2.45 bits per heavy atom. The lowest BCUT2D eigenvalue weighted by atomic mass is 10.0. The number of hydrogen-bond donors (Lipinski definition) is 2. The summed E-state index contributed by atoms with van der Waals surface area (Å²) in [6.07, 6.45) is 1.77. The molecule has 0 spiro atoms. The zero-order valence-corrected chi connectivity index (χ0v) is 11.9. The lowest BCUT2D eigenvalue weighted by Crippen LogP contribution is -2.18. The van der Waals surface area contributed by atoms with Gasteiger partial charge in [0.25, 0.3) is 0 Å². The van der Waals surface area contributed by atoms with Crippen molar-refractivity contribution in [2.45, 2.75) is 26.2 Å². The normalized spacial score (nSPS) is 11.9. The highest BCUT2D eigenvalue weighted by Crippen LogP contribution is 2.26. The molecule has 1 aromatic rings. The highest BCUT2D eigenvalue weighted by atomic mass is 16.5. The number of hydrogen-bond acceptors (Lipinski definition) is 4. The molecule has 0 heterocycles. The summed E-state index contributed by atoms with van der Waals surface area (Å²) >= 11 is 0. The molecule has 1 aromatic carbocycles. The van der Waals surface area contributed by atoms with Crippen molar-refractivity contribution in [2.24, 2.45) is 11.7 Å². The number of para-hydroxylation sites is 2. The van der Waals surface area contributed by atoms with Gasteiger partial charge in [0.05, 0.1) is 19.1 Å². The molecule has 0 aliphatic rings.